The predicted molar refractivity (Wildman–Crippen MR) is 78.2 cm³/mol. The van der Waals surface area contributed by atoms with Gasteiger partial charge in [0.15, 0.2) is 0 Å². The first-order valence-electron chi connectivity index (χ1n) is 6.83. The van der Waals surface area contributed by atoms with E-state index in [2.05, 4.69) is 39.9 Å². The van der Waals surface area contributed by atoms with Gasteiger partial charge in [-0.1, -0.05) is 30.3 Å². The zero-order valence-electron chi connectivity index (χ0n) is 11.2. The van der Waals surface area contributed by atoms with E-state index in [1.165, 1.54) is 0 Å². The fraction of sp³-hybridized carbons (Fsp3) is 0.250. The van der Waals surface area contributed by atoms with Crippen LogP contribution in [0.4, 0.5) is 0 Å². The molecule has 102 valence electrons. The van der Waals surface area contributed by atoms with Crippen LogP contribution in [0.3, 0.4) is 0 Å². The lowest BCUT2D eigenvalue weighted by Crippen LogP contribution is -2.53. The molecule has 20 heavy (non-hydrogen) atoms. The Bertz CT molecular complexity index is 580. The fourth-order valence-corrected chi connectivity index (χ4v) is 2.42. The van der Waals surface area contributed by atoms with Gasteiger partial charge in [-0.2, -0.15) is 0 Å². The van der Waals surface area contributed by atoms with Crippen molar-refractivity contribution in [1.29, 1.82) is 0 Å². The highest BCUT2D eigenvalue weighted by molar-refractivity contribution is 5.82. The standard InChI is InChI=1S/C16H17N3O/c20-16-15(18-8-9-19-16)10-12-3-5-13(6-4-12)14-2-1-7-17-11-14/h1-7,11,15,18H,8-10H2,(H,19,20). The van der Waals surface area contributed by atoms with Crippen molar-refractivity contribution in [2.24, 2.45) is 0 Å². The largest absolute Gasteiger partial charge is 0.353 e. The third kappa shape index (κ3) is 2.86. The van der Waals surface area contributed by atoms with Gasteiger partial charge in [0.05, 0.1) is 6.04 Å². The molecule has 0 spiro atoms. The topological polar surface area (TPSA) is 54.0 Å². The van der Waals surface area contributed by atoms with Crippen molar-refractivity contribution in [3.8, 4) is 11.1 Å². The SMILES string of the molecule is O=C1NCCNC1Cc1ccc(-c2cccnc2)cc1. The molecule has 0 aliphatic carbocycles. The summed E-state index contributed by atoms with van der Waals surface area (Å²) in [6.45, 7) is 1.56. The Kier molecular flexibility index (Phi) is 3.74. The third-order valence-corrected chi connectivity index (χ3v) is 3.52. The van der Waals surface area contributed by atoms with Crippen LogP contribution < -0.4 is 10.6 Å². The van der Waals surface area contributed by atoms with Gasteiger partial charge >= 0.3 is 0 Å². The second-order valence-corrected chi connectivity index (χ2v) is 4.94. The van der Waals surface area contributed by atoms with Crippen LogP contribution in [0.5, 0.6) is 0 Å². The molecule has 1 aromatic carbocycles. The first-order valence-corrected chi connectivity index (χ1v) is 6.83. The highest BCUT2D eigenvalue weighted by atomic mass is 16.2. The van der Waals surface area contributed by atoms with Gasteiger partial charge in [-0.25, -0.2) is 0 Å². The van der Waals surface area contributed by atoms with Gasteiger partial charge in [0, 0.05) is 25.5 Å². The number of carbonyl (C=O) groups is 1. The number of piperazine rings is 1. The molecule has 1 saturated heterocycles. The van der Waals surface area contributed by atoms with Gasteiger partial charge in [0.1, 0.15) is 0 Å². The minimum Gasteiger partial charge on any atom is -0.353 e. The molecule has 2 heterocycles. The molecule has 2 N–H and O–H groups in total. The number of aromatic nitrogens is 1. The summed E-state index contributed by atoms with van der Waals surface area (Å²) in [6.07, 6.45) is 4.34. The van der Waals surface area contributed by atoms with Crippen LogP contribution in [0.2, 0.25) is 0 Å². The summed E-state index contributed by atoms with van der Waals surface area (Å²) >= 11 is 0. The van der Waals surface area contributed by atoms with Crippen LogP contribution in [-0.4, -0.2) is 30.0 Å². The number of benzene rings is 1. The van der Waals surface area contributed by atoms with E-state index in [9.17, 15) is 4.79 Å². The van der Waals surface area contributed by atoms with E-state index in [0.717, 1.165) is 36.2 Å². The first-order chi connectivity index (χ1) is 9.83. The van der Waals surface area contributed by atoms with Crippen LogP contribution in [0.15, 0.2) is 48.8 Å². The summed E-state index contributed by atoms with van der Waals surface area (Å²) in [6, 6.07) is 12.2. The van der Waals surface area contributed by atoms with Gasteiger partial charge in [0.2, 0.25) is 5.91 Å². The molecular weight excluding hydrogens is 250 g/mol. The molecule has 1 atom stereocenters. The van der Waals surface area contributed by atoms with E-state index in [-0.39, 0.29) is 11.9 Å². The summed E-state index contributed by atoms with van der Waals surface area (Å²) in [5.41, 5.74) is 3.41. The van der Waals surface area contributed by atoms with Crippen LogP contribution in [0, 0.1) is 0 Å². The molecule has 1 aromatic heterocycles. The van der Waals surface area contributed by atoms with Crippen molar-refractivity contribution in [2.75, 3.05) is 13.1 Å². The number of nitrogens with one attached hydrogen (secondary N) is 2. The molecule has 1 aliphatic heterocycles. The summed E-state index contributed by atoms with van der Waals surface area (Å²) < 4.78 is 0. The van der Waals surface area contributed by atoms with Crippen LogP contribution in [-0.2, 0) is 11.2 Å². The molecular formula is C16H17N3O. The van der Waals surface area contributed by atoms with E-state index in [4.69, 9.17) is 0 Å². The molecule has 1 amide bonds. The second kappa shape index (κ2) is 5.84. The minimum absolute atomic E-state index is 0.0904. The third-order valence-electron chi connectivity index (χ3n) is 3.52. The zero-order chi connectivity index (χ0) is 13.8. The van der Waals surface area contributed by atoms with Crippen LogP contribution >= 0.6 is 0 Å². The Balaban J connectivity index is 1.72. The normalized spacial score (nSPS) is 18.6. The lowest BCUT2D eigenvalue weighted by atomic mass is 10.0. The number of nitrogens with zero attached hydrogens (tertiary/aromatic N) is 1. The average Bonchev–Trinajstić information content (AvgIpc) is 2.51. The summed E-state index contributed by atoms with van der Waals surface area (Å²) in [7, 11) is 0. The zero-order valence-corrected chi connectivity index (χ0v) is 11.2. The number of hydrogen-bond acceptors (Lipinski definition) is 3. The summed E-state index contributed by atoms with van der Waals surface area (Å²) in [4.78, 5) is 15.8. The maximum atomic E-state index is 11.7. The number of amides is 1. The predicted octanol–water partition coefficient (Wildman–Crippen LogP) is 1.38. The monoisotopic (exact) mass is 267 g/mol. The molecule has 3 rings (SSSR count). The highest BCUT2D eigenvalue weighted by Crippen LogP contribution is 2.19. The van der Waals surface area contributed by atoms with E-state index < -0.39 is 0 Å². The van der Waals surface area contributed by atoms with E-state index >= 15 is 0 Å². The maximum absolute atomic E-state index is 11.7. The van der Waals surface area contributed by atoms with Gasteiger partial charge < -0.3 is 10.6 Å². The van der Waals surface area contributed by atoms with Crippen molar-refractivity contribution < 1.29 is 4.79 Å². The fourth-order valence-electron chi connectivity index (χ4n) is 2.42. The smallest absolute Gasteiger partial charge is 0.237 e. The van der Waals surface area contributed by atoms with Crippen LogP contribution in [0.1, 0.15) is 5.56 Å². The molecule has 1 aliphatic rings. The lowest BCUT2D eigenvalue weighted by Gasteiger charge is -2.23. The van der Waals surface area contributed by atoms with Gasteiger partial charge in [0.25, 0.3) is 0 Å². The van der Waals surface area contributed by atoms with Crippen LogP contribution in [0.25, 0.3) is 11.1 Å². The van der Waals surface area contributed by atoms with Gasteiger partial charge in [-0.15, -0.1) is 0 Å². The Morgan fingerprint density at radius 3 is 2.65 bits per heavy atom. The van der Waals surface area contributed by atoms with Crippen molar-refractivity contribution in [3.63, 3.8) is 0 Å². The molecule has 0 saturated carbocycles. The lowest BCUT2D eigenvalue weighted by molar-refractivity contribution is -0.124. The average molecular weight is 267 g/mol. The number of rotatable bonds is 3. The molecule has 1 fully saturated rings. The molecule has 0 radical (unpaired) electrons. The molecule has 1 unspecified atom stereocenters. The minimum atomic E-state index is -0.118. The van der Waals surface area contributed by atoms with Crippen molar-refractivity contribution in [3.05, 3.63) is 54.4 Å². The van der Waals surface area contributed by atoms with Crippen molar-refractivity contribution in [2.45, 2.75) is 12.5 Å². The summed E-state index contributed by atoms with van der Waals surface area (Å²) in [5.74, 6) is 0.0904. The van der Waals surface area contributed by atoms with E-state index in [0.29, 0.717) is 0 Å². The Morgan fingerprint density at radius 2 is 1.95 bits per heavy atom. The van der Waals surface area contributed by atoms with Crippen molar-refractivity contribution >= 4 is 5.91 Å². The highest BCUT2D eigenvalue weighted by Gasteiger charge is 2.21. The Morgan fingerprint density at radius 1 is 1.10 bits per heavy atom. The summed E-state index contributed by atoms with van der Waals surface area (Å²) in [5, 5.41) is 6.12. The Labute approximate surface area is 118 Å². The number of carbonyl (C=O) groups excluding carboxylic acids is 1. The molecule has 0 bridgehead atoms. The van der Waals surface area contributed by atoms with Crippen molar-refractivity contribution in [1.82, 2.24) is 15.6 Å². The molecule has 2 aromatic rings. The maximum Gasteiger partial charge on any atom is 0.237 e. The van der Waals surface area contributed by atoms with Gasteiger partial charge in [-0.3, -0.25) is 9.78 Å². The Hall–Kier alpha value is -2.20. The molecule has 4 nitrogen and oxygen atoms in total. The number of pyridine rings is 1. The number of hydrogen-bond donors (Lipinski definition) is 2. The quantitative estimate of drug-likeness (QED) is 0.883. The second-order valence-electron chi connectivity index (χ2n) is 4.94. The van der Waals surface area contributed by atoms with Gasteiger partial charge in [-0.05, 0) is 29.2 Å². The van der Waals surface area contributed by atoms with E-state index in [1.54, 1.807) is 6.20 Å². The molecule has 4 heteroatoms. The van der Waals surface area contributed by atoms with E-state index in [1.807, 2.05) is 18.3 Å². The first kappa shape index (κ1) is 12.8.